The summed E-state index contributed by atoms with van der Waals surface area (Å²) in [4.78, 5) is 11.5. The van der Waals surface area contributed by atoms with Gasteiger partial charge >= 0.3 is 0 Å². The Morgan fingerprint density at radius 3 is 2.18 bits per heavy atom. The molecule has 0 atom stereocenters. The van der Waals surface area contributed by atoms with Gasteiger partial charge in [0.05, 0.1) is 0 Å². The summed E-state index contributed by atoms with van der Waals surface area (Å²) < 4.78 is 0. The van der Waals surface area contributed by atoms with Crippen LogP contribution in [0.2, 0.25) is 0 Å². The largest absolute Gasteiger partial charge is 0.294 e. The number of fused-ring (bicyclic) bond motifs is 1. The Kier molecular flexibility index (Phi) is 4.89. The lowest BCUT2D eigenvalue weighted by molar-refractivity contribution is 0.101. The van der Waals surface area contributed by atoms with Crippen LogP contribution in [0.25, 0.3) is 10.8 Å². The van der Waals surface area contributed by atoms with Crippen LogP contribution in [0, 0.1) is 0 Å². The molecule has 0 saturated carbocycles. The first-order chi connectivity index (χ1) is 8.24. The van der Waals surface area contributed by atoms with Gasteiger partial charge in [0.15, 0.2) is 5.78 Å². The highest BCUT2D eigenvalue weighted by Crippen LogP contribution is 2.23. The van der Waals surface area contributed by atoms with Crippen LogP contribution in [0.1, 0.15) is 43.6 Å². The Hall–Kier alpha value is -1.63. The van der Waals surface area contributed by atoms with E-state index in [9.17, 15) is 4.79 Å². The quantitative estimate of drug-likeness (QED) is 0.685. The fourth-order valence-electron chi connectivity index (χ4n) is 2.01. The van der Waals surface area contributed by atoms with E-state index in [0.717, 1.165) is 22.8 Å². The van der Waals surface area contributed by atoms with Crippen molar-refractivity contribution in [3.8, 4) is 0 Å². The molecule has 2 aromatic rings. The van der Waals surface area contributed by atoms with E-state index in [1.54, 1.807) is 6.92 Å². The van der Waals surface area contributed by atoms with E-state index in [1.165, 1.54) is 5.56 Å². The molecule has 17 heavy (non-hydrogen) atoms. The second kappa shape index (κ2) is 6.19. The summed E-state index contributed by atoms with van der Waals surface area (Å²) >= 11 is 0. The van der Waals surface area contributed by atoms with Crippen molar-refractivity contribution in [1.29, 1.82) is 0 Å². The Labute approximate surface area is 103 Å². The maximum atomic E-state index is 11.5. The number of benzene rings is 2. The van der Waals surface area contributed by atoms with Crippen LogP contribution < -0.4 is 0 Å². The lowest BCUT2D eigenvalue weighted by atomic mass is 9.96. The van der Waals surface area contributed by atoms with E-state index in [1.807, 2.05) is 32.0 Å². The Morgan fingerprint density at radius 1 is 1.06 bits per heavy atom. The minimum Gasteiger partial charge on any atom is -0.294 e. The lowest BCUT2D eigenvalue weighted by Crippen LogP contribution is -1.96. The van der Waals surface area contributed by atoms with Crippen molar-refractivity contribution in [1.82, 2.24) is 0 Å². The summed E-state index contributed by atoms with van der Waals surface area (Å²) in [5.74, 6) is 0.140. The molecule has 0 aliphatic heterocycles. The maximum Gasteiger partial charge on any atom is 0.160 e. The summed E-state index contributed by atoms with van der Waals surface area (Å²) in [6, 6.07) is 12.1. The van der Waals surface area contributed by atoms with Gasteiger partial charge in [0.1, 0.15) is 0 Å². The zero-order chi connectivity index (χ0) is 12.8. The Bertz CT molecular complexity index is 507. The number of carbonyl (C=O) groups is 1. The molecule has 2 rings (SSSR count). The van der Waals surface area contributed by atoms with E-state index in [2.05, 4.69) is 25.1 Å². The van der Waals surface area contributed by atoms with Crippen molar-refractivity contribution < 1.29 is 4.79 Å². The summed E-state index contributed by atoms with van der Waals surface area (Å²) in [6.45, 7) is 7.74. The molecule has 2 aromatic carbocycles. The second-order valence-corrected chi connectivity index (χ2v) is 3.73. The average molecular weight is 228 g/mol. The minimum absolute atomic E-state index is 0.140. The second-order valence-electron chi connectivity index (χ2n) is 3.73. The zero-order valence-corrected chi connectivity index (χ0v) is 11.1. The van der Waals surface area contributed by atoms with E-state index < -0.39 is 0 Å². The molecule has 0 bridgehead atoms. The van der Waals surface area contributed by atoms with Crippen LogP contribution in [-0.4, -0.2) is 5.78 Å². The van der Waals surface area contributed by atoms with Crippen molar-refractivity contribution in [3.63, 3.8) is 0 Å². The Balaban J connectivity index is 0.000000686. The molecule has 0 aliphatic carbocycles. The van der Waals surface area contributed by atoms with Crippen molar-refractivity contribution in [2.45, 2.75) is 34.1 Å². The zero-order valence-electron chi connectivity index (χ0n) is 11.1. The van der Waals surface area contributed by atoms with Crippen LogP contribution in [0.4, 0.5) is 0 Å². The van der Waals surface area contributed by atoms with Gasteiger partial charge in [-0.15, -0.1) is 0 Å². The number of hydrogen-bond acceptors (Lipinski definition) is 1. The van der Waals surface area contributed by atoms with Crippen LogP contribution in [-0.2, 0) is 6.42 Å². The molecular formula is C16H20O. The number of carbonyl (C=O) groups excluding carboxylic acids is 1. The first kappa shape index (κ1) is 13.4. The number of ketones is 1. The normalized spacial score (nSPS) is 9.65. The van der Waals surface area contributed by atoms with Gasteiger partial charge in [-0.25, -0.2) is 0 Å². The van der Waals surface area contributed by atoms with E-state index in [-0.39, 0.29) is 5.78 Å². The topological polar surface area (TPSA) is 17.1 Å². The third-order valence-electron chi connectivity index (χ3n) is 2.75. The van der Waals surface area contributed by atoms with E-state index >= 15 is 0 Å². The molecule has 90 valence electrons. The SMILES string of the molecule is CC.CCc1cccc2cccc(C(C)=O)c12. The molecule has 0 radical (unpaired) electrons. The molecule has 1 nitrogen and oxygen atoms in total. The molecule has 0 unspecified atom stereocenters. The van der Waals surface area contributed by atoms with Gasteiger partial charge in [0.2, 0.25) is 0 Å². The molecule has 0 aliphatic rings. The summed E-state index contributed by atoms with van der Waals surface area (Å²) in [5.41, 5.74) is 2.09. The van der Waals surface area contributed by atoms with Crippen molar-refractivity contribution >= 4 is 16.6 Å². The summed E-state index contributed by atoms with van der Waals surface area (Å²) in [5, 5.41) is 2.28. The van der Waals surface area contributed by atoms with Gasteiger partial charge in [-0.3, -0.25) is 4.79 Å². The van der Waals surface area contributed by atoms with E-state index in [4.69, 9.17) is 0 Å². The molecule has 0 fully saturated rings. The molecule has 1 heteroatoms. The molecule has 0 amide bonds. The smallest absolute Gasteiger partial charge is 0.160 e. The monoisotopic (exact) mass is 228 g/mol. The van der Waals surface area contributed by atoms with Crippen molar-refractivity contribution in [2.75, 3.05) is 0 Å². The van der Waals surface area contributed by atoms with Crippen molar-refractivity contribution in [3.05, 3.63) is 47.5 Å². The number of Topliss-reactive ketones (excluding diaryl/α,β-unsaturated/α-hetero) is 1. The van der Waals surface area contributed by atoms with Crippen LogP contribution in [0.5, 0.6) is 0 Å². The third kappa shape index (κ3) is 2.73. The standard InChI is InChI=1S/C14H14O.C2H6/c1-3-11-6-4-7-12-8-5-9-13(10(2)15)14(11)12;1-2/h4-9H,3H2,1-2H3;1-2H3. The molecular weight excluding hydrogens is 208 g/mol. The van der Waals surface area contributed by atoms with Crippen LogP contribution in [0.3, 0.4) is 0 Å². The van der Waals surface area contributed by atoms with Crippen LogP contribution >= 0.6 is 0 Å². The Morgan fingerprint density at radius 2 is 1.65 bits per heavy atom. The highest BCUT2D eigenvalue weighted by atomic mass is 16.1. The van der Waals surface area contributed by atoms with Gasteiger partial charge in [-0.2, -0.15) is 0 Å². The first-order valence-corrected chi connectivity index (χ1v) is 6.25. The van der Waals surface area contributed by atoms with Gasteiger partial charge in [0.25, 0.3) is 0 Å². The summed E-state index contributed by atoms with van der Waals surface area (Å²) in [6.07, 6.45) is 0.960. The highest BCUT2D eigenvalue weighted by molar-refractivity contribution is 6.08. The predicted octanol–water partition coefficient (Wildman–Crippen LogP) is 4.63. The predicted molar refractivity (Wildman–Crippen MR) is 74.7 cm³/mol. The van der Waals surface area contributed by atoms with Gasteiger partial charge in [-0.1, -0.05) is 57.2 Å². The maximum absolute atomic E-state index is 11.5. The fourth-order valence-corrected chi connectivity index (χ4v) is 2.01. The number of hydrogen-bond donors (Lipinski definition) is 0. The van der Waals surface area contributed by atoms with E-state index in [0.29, 0.717) is 0 Å². The minimum atomic E-state index is 0.140. The highest BCUT2D eigenvalue weighted by Gasteiger charge is 2.07. The molecule has 0 spiro atoms. The fraction of sp³-hybridized carbons (Fsp3) is 0.312. The molecule has 0 N–H and O–H groups in total. The lowest BCUT2D eigenvalue weighted by Gasteiger charge is -2.07. The third-order valence-corrected chi connectivity index (χ3v) is 2.75. The number of rotatable bonds is 2. The van der Waals surface area contributed by atoms with Gasteiger partial charge in [0, 0.05) is 5.56 Å². The molecule has 0 saturated heterocycles. The van der Waals surface area contributed by atoms with Crippen LogP contribution in [0.15, 0.2) is 36.4 Å². The number of aryl methyl sites for hydroxylation is 1. The summed E-state index contributed by atoms with van der Waals surface area (Å²) in [7, 11) is 0. The first-order valence-electron chi connectivity index (χ1n) is 6.25. The van der Waals surface area contributed by atoms with Crippen molar-refractivity contribution in [2.24, 2.45) is 0 Å². The van der Waals surface area contributed by atoms with Gasteiger partial charge < -0.3 is 0 Å². The molecule has 0 heterocycles. The average Bonchev–Trinajstić information content (AvgIpc) is 2.39. The molecule has 0 aromatic heterocycles. The van der Waals surface area contributed by atoms with Gasteiger partial charge in [-0.05, 0) is 29.7 Å².